The van der Waals surface area contributed by atoms with Gasteiger partial charge in [-0.3, -0.25) is 4.79 Å². The van der Waals surface area contributed by atoms with E-state index in [1.54, 1.807) is 0 Å². The van der Waals surface area contributed by atoms with Gasteiger partial charge in [0.2, 0.25) is 5.78 Å². The number of aromatic nitrogens is 1. The molecule has 0 spiro atoms. The molecule has 0 saturated carbocycles. The van der Waals surface area contributed by atoms with Crippen molar-refractivity contribution in [3.63, 3.8) is 0 Å². The quantitative estimate of drug-likeness (QED) is 0.573. The number of carbonyl (C=O) groups is 1. The number of carbonyl (C=O) groups excluding carboxylic acids is 1. The number of alkyl halides is 2. The first-order chi connectivity index (χ1) is 6.00. The highest BCUT2D eigenvalue weighted by Crippen LogP contribution is 2.17. The van der Waals surface area contributed by atoms with Crippen LogP contribution in [-0.4, -0.2) is 17.2 Å². The van der Waals surface area contributed by atoms with Gasteiger partial charge in [-0.2, -0.15) is 0 Å². The minimum Gasteiger partial charge on any atom is -0.288 e. The summed E-state index contributed by atoms with van der Waals surface area (Å²) in [5, 5.41) is -0.173. The van der Waals surface area contributed by atoms with E-state index in [1.807, 2.05) is 0 Å². The maximum atomic E-state index is 11.9. The molecule has 0 amide bonds. The van der Waals surface area contributed by atoms with Crippen LogP contribution in [0.4, 0.5) is 8.78 Å². The third kappa shape index (κ3) is 2.60. The van der Waals surface area contributed by atoms with Crippen molar-refractivity contribution in [2.45, 2.75) is 6.43 Å². The lowest BCUT2D eigenvalue weighted by atomic mass is 10.2. The van der Waals surface area contributed by atoms with Gasteiger partial charge in [-0.05, 0) is 12.1 Å². The summed E-state index contributed by atoms with van der Waals surface area (Å²) < 4.78 is 23.8. The number of rotatable bonds is 2. The van der Waals surface area contributed by atoms with E-state index in [4.69, 9.17) is 23.2 Å². The van der Waals surface area contributed by atoms with Crippen molar-refractivity contribution in [3.8, 4) is 0 Å². The van der Waals surface area contributed by atoms with Crippen molar-refractivity contribution in [1.82, 2.24) is 4.98 Å². The fourth-order valence-electron chi connectivity index (χ4n) is 0.733. The molecule has 6 heteroatoms. The summed E-state index contributed by atoms with van der Waals surface area (Å²) >= 11 is 10.8. The van der Waals surface area contributed by atoms with Crippen LogP contribution in [0.15, 0.2) is 12.1 Å². The molecule has 0 N–H and O–H groups in total. The molecule has 0 aliphatic rings. The van der Waals surface area contributed by atoms with E-state index in [0.717, 1.165) is 12.1 Å². The minimum atomic E-state index is -3.06. The van der Waals surface area contributed by atoms with Crippen LogP contribution >= 0.6 is 23.2 Å². The van der Waals surface area contributed by atoms with Gasteiger partial charge < -0.3 is 0 Å². The number of ketones is 1. The van der Waals surface area contributed by atoms with E-state index >= 15 is 0 Å². The predicted molar refractivity (Wildman–Crippen MR) is 44.6 cm³/mol. The van der Waals surface area contributed by atoms with Crippen molar-refractivity contribution in [2.75, 3.05) is 0 Å². The average molecular weight is 226 g/mol. The molecule has 1 aromatic heterocycles. The Balaban J connectivity index is 3.08. The van der Waals surface area contributed by atoms with Crippen LogP contribution in [0.1, 0.15) is 10.4 Å². The van der Waals surface area contributed by atoms with Gasteiger partial charge in [0.15, 0.2) is 0 Å². The van der Waals surface area contributed by atoms with E-state index in [-0.39, 0.29) is 15.9 Å². The summed E-state index contributed by atoms with van der Waals surface area (Å²) in [6, 6.07) is 2.09. The third-order valence-electron chi connectivity index (χ3n) is 1.25. The highest BCUT2D eigenvalue weighted by atomic mass is 35.5. The van der Waals surface area contributed by atoms with Gasteiger partial charge in [-0.25, -0.2) is 13.8 Å². The third-order valence-corrected chi connectivity index (χ3v) is 1.63. The van der Waals surface area contributed by atoms with Crippen molar-refractivity contribution in [3.05, 3.63) is 28.0 Å². The fourth-order valence-corrected chi connectivity index (χ4v) is 1.19. The molecule has 70 valence electrons. The highest BCUT2D eigenvalue weighted by molar-refractivity contribution is 6.33. The maximum Gasteiger partial charge on any atom is 0.300 e. The van der Waals surface area contributed by atoms with Crippen LogP contribution in [0.3, 0.4) is 0 Å². The van der Waals surface area contributed by atoms with Crippen molar-refractivity contribution >= 4 is 29.0 Å². The zero-order chi connectivity index (χ0) is 10.0. The molecule has 0 unspecified atom stereocenters. The van der Waals surface area contributed by atoms with Gasteiger partial charge in [0.1, 0.15) is 10.3 Å². The normalized spacial score (nSPS) is 10.5. The number of halogens is 4. The largest absolute Gasteiger partial charge is 0.300 e. The molecule has 1 heterocycles. The highest BCUT2D eigenvalue weighted by Gasteiger charge is 2.18. The second kappa shape index (κ2) is 3.98. The van der Waals surface area contributed by atoms with Crippen LogP contribution in [0.2, 0.25) is 10.3 Å². The predicted octanol–water partition coefficient (Wildman–Crippen LogP) is 2.84. The first kappa shape index (κ1) is 10.3. The number of hydrogen-bond donors (Lipinski definition) is 0. The van der Waals surface area contributed by atoms with Gasteiger partial charge >= 0.3 is 6.43 Å². The van der Waals surface area contributed by atoms with Gasteiger partial charge in [0, 0.05) is 5.56 Å². The topological polar surface area (TPSA) is 30.0 Å². The van der Waals surface area contributed by atoms with Crippen LogP contribution in [0, 0.1) is 0 Å². The number of hydrogen-bond acceptors (Lipinski definition) is 2. The van der Waals surface area contributed by atoms with E-state index in [9.17, 15) is 13.6 Å². The summed E-state index contributed by atoms with van der Waals surface area (Å²) in [5.74, 6) is -1.31. The molecule has 1 aromatic rings. The van der Waals surface area contributed by atoms with Crippen LogP contribution in [0.25, 0.3) is 0 Å². The molecule has 0 bridgehead atoms. The van der Waals surface area contributed by atoms with E-state index in [2.05, 4.69) is 4.98 Å². The van der Waals surface area contributed by atoms with Crippen molar-refractivity contribution < 1.29 is 13.6 Å². The molecule has 0 radical (unpaired) electrons. The first-order valence-corrected chi connectivity index (χ1v) is 3.92. The zero-order valence-corrected chi connectivity index (χ0v) is 7.61. The Hall–Kier alpha value is -0.740. The SMILES string of the molecule is O=C(c1cc(Cl)nc(Cl)c1)C(F)F. The van der Waals surface area contributed by atoms with E-state index < -0.39 is 12.2 Å². The molecular weight excluding hydrogens is 223 g/mol. The van der Waals surface area contributed by atoms with Crippen LogP contribution in [-0.2, 0) is 0 Å². The Morgan fingerprint density at radius 3 is 2.15 bits per heavy atom. The lowest BCUT2D eigenvalue weighted by Crippen LogP contribution is -2.10. The lowest BCUT2D eigenvalue weighted by molar-refractivity contribution is 0.0678. The summed E-state index contributed by atoms with van der Waals surface area (Å²) in [7, 11) is 0. The average Bonchev–Trinajstić information content (AvgIpc) is 2.01. The summed E-state index contributed by atoms with van der Waals surface area (Å²) in [5.41, 5.74) is -0.236. The molecule has 0 atom stereocenters. The summed E-state index contributed by atoms with van der Waals surface area (Å²) in [4.78, 5) is 14.3. The van der Waals surface area contributed by atoms with Crippen LogP contribution < -0.4 is 0 Å². The minimum absolute atomic E-state index is 0.0866. The molecular formula is C7H3Cl2F2NO. The molecule has 13 heavy (non-hydrogen) atoms. The van der Waals surface area contributed by atoms with Gasteiger partial charge in [-0.1, -0.05) is 23.2 Å². The first-order valence-electron chi connectivity index (χ1n) is 3.16. The van der Waals surface area contributed by atoms with E-state index in [0.29, 0.717) is 0 Å². The number of nitrogens with zero attached hydrogens (tertiary/aromatic N) is 1. The Kier molecular flexibility index (Phi) is 3.17. The van der Waals surface area contributed by atoms with Crippen LogP contribution in [0.5, 0.6) is 0 Å². The van der Waals surface area contributed by atoms with Gasteiger partial charge in [0.25, 0.3) is 0 Å². The number of pyridine rings is 1. The maximum absolute atomic E-state index is 11.9. The monoisotopic (exact) mass is 225 g/mol. The Morgan fingerprint density at radius 1 is 1.31 bits per heavy atom. The van der Waals surface area contributed by atoms with Crippen molar-refractivity contribution in [2.24, 2.45) is 0 Å². The zero-order valence-electron chi connectivity index (χ0n) is 6.10. The second-order valence-electron chi connectivity index (χ2n) is 2.17. The molecule has 0 aromatic carbocycles. The molecule has 1 rings (SSSR count). The lowest BCUT2D eigenvalue weighted by Gasteiger charge is -1.99. The Bertz CT molecular complexity index is 323. The molecule has 0 saturated heterocycles. The molecule has 0 aliphatic carbocycles. The molecule has 0 fully saturated rings. The Morgan fingerprint density at radius 2 is 1.77 bits per heavy atom. The fraction of sp³-hybridized carbons (Fsp3) is 0.143. The Labute approximate surface area is 82.5 Å². The summed E-state index contributed by atoms with van der Waals surface area (Å²) in [6.45, 7) is 0. The standard InChI is InChI=1S/C7H3Cl2F2NO/c8-4-1-3(2-5(9)12-4)6(13)7(10)11/h1-2,7H. The second-order valence-corrected chi connectivity index (χ2v) is 2.94. The van der Waals surface area contributed by atoms with E-state index in [1.165, 1.54) is 0 Å². The number of Topliss-reactive ketones (excluding diaryl/α,β-unsaturated/α-hetero) is 1. The summed E-state index contributed by atoms with van der Waals surface area (Å²) in [6.07, 6.45) is -3.06. The van der Waals surface area contributed by atoms with Crippen molar-refractivity contribution in [1.29, 1.82) is 0 Å². The molecule has 2 nitrogen and oxygen atoms in total. The van der Waals surface area contributed by atoms with Gasteiger partial charge in [0.05, 0.1) is 0 Å². The van der Waals surface area contributed by atoms with Gasteiger partial charge in [-0.15, -0.1) is 0 Å². The molecule has 0 aliphatic heterocycles. The smallest absolute Gasteiger partial charge is 0.288 e.